The van der Waals surface area contributed by atoms with Crippen molar-refractivity contribution in [1.82, 2.24) is 4.90 Å². The van der Waals surface area contributed by atoms with Gasteiger partial charge in [-0.2, -0.15) is 26.3 Å². The molecule has 1 N–H and O–H groups in total. The maximum absolute atomic E-state index is 12.3. The predicted molar refractivity (Wildman–Crippen MR) is 51.1 cm³/mol. The third-order valence-corrected chi connectivity index (χ3v) is 2.15. The number of methoxy groups -OCH3 is 1. The number of nitrogens with zero attached hydrogens (tertiary/aromatic N) is 1. The van der Waals surface area contributed by atoms with Crippen molar-refractivity contribution in [2.45, 2.75) is 12.4 Å². The molecule has 0 aliphatic rings. The molecule has 0 aromatic carbocycles. The van der Waals surface area contributed by atoms with E-state index in [1.54, 1.807) is 0 Å². The Morgan fingerprint density at radius 3 is 1.95 bits per heavy atom. The maximum Gasteiger partial charge on any atom is 0.409 e. The molecule has 0 rings (SSSR count). The van der Waals surface area contributed by atoms with Gasteiger partial charge in [-0.05, 0) is 0 Å². The molecule has 0 saturated carbocycles. The van der Waals surface area contributed by atoms with E-state index in [4.69, 9.17) is 5.11 Å². The Morgan fingerprint density at radius 2 is 1.63 bits per heavy atom. The van der Waals surface area contributed by atoms with Gasteiger partial charge >= 0.3 is 12.4 Å². The van der Waals surface area contributed by atoms with E-state index in [9.17, 15) is 31.1 Å². The van der Waals surface area contributed by atoms with Crippen LogP contribution in [0.3, 0.4) is 0 Å². The Balaban J connectivity index is 5.14. The van der Waals surface area contributed by atoms with Gasteiger partial charge in [-0.25, -0.2) is 0 Å². The summed E-state index contributed by atoms with van der Waals surface area (Å²) in [5, 5.41) is 8.58. The first-order valence-corrected chi connectivity index (χ1v) is 5.07. The number of carbonyl (C=O) groups is 1. The van der Waals surface area contributed by atoms with Gasteiger partial charge in [-0.3, -0.25) is 4.79 Å². The van der Waals surface area contributed by atoms with Crippen molar-refractivity contribution in [3.63, 3.8) is 0 Å². The van der Waals surface area contributed by atoms with Crippen LogP contribution in [0.2, 0.25) is 0 Å². The van der Waals surface area contributed by atoms with Crippen molar-refractivity contribution in [2.24, 2.45) is 5.92 Å². The quantitative estimate of drug-likeness (QED) is 0.749. The third kappa shape index (κ3) is 5.64. The lowest BCUT2D eigenvalue weighted by molar-refractivity contribution is -0.277. The summed E-state index contributed by atoms with van der Waals surface area (Å²) < 4.78 is 78.4. The van der Waals surface area contributed by atoms with Crippen molar-refractivity contribution < 1.29 is 41.0 Å². The van der Waals surface area contributed by atoms with Gasteiger partial charge in [0.25, 0.3) is 0 Å². The first-order valence-electron chi connectivity index (χ1n) is 5.07. The van der Waals surface area contributed by atoms with Gasteiger partial charge in [0, 0.05) is 20.2 Å². The van der Waals surface area contributed by atoms with Crippen LogP contribution >= 0.6 is 0 Å². The number of hydrogen-bond donors (Lipinski definition) is 1. The number of rotatable bonds is 6. The number of amides is 1. The fourth-order valence-corrected chi connectivity index (χ4v) is 1.30. The Hall–Kier alpha value is -1.03. The van der Waals surface area contributed by atoms with E-state index in [0.29, 0.717) is 0 Å². The van der Waals surface area contributed by atoms with Crippen LogP contribution < -0.4 is 0 Å². The van der Waals surface area contributed by atoms with Gasteiger partial charge in [-0.15, -0.1) is 0 Å². The fourth-order valence-electron chi connectivity index (χ4n) is 1.30. The molecular weight excluding hydrogens is 284 g/mol. The lowest BCUT2D eigenvalue weighted by atomic mass is 10.1. The Labute approximate surface area is 104 Å². The zero-order chi connectivity index (χ0) is 15.3. The maximum atomic E-state index is 12.3. The average molecular weight is 297 g/mol. The monoisotopic (exact) mass is 297 g/mol. The van der Waals surface area contributed by atoms with Crippen molar-refractivity contribution in [2.75, 3.05) is 33.4 Å². The number of halogens is 6. The van der Waals surface area contributed by atoms with E-state index in [0.717, 1.165) is 0 Å². The van der Waals surface area contributed by atoms with E-state index in [2.05, 4.69) is 4.74 Å². The molecule has 10 heteroatoms. The molecule has 4 nitrogen and oxygen atoms in total. The second kappa shape index (κ2) is 6.94. The number of alkyl halides is 6. The molecule has 114 valence electrons. The molecule has 0 saturated heterocycles. The highest BCUT2D eigenvalue weighted by atomic mass is 19.4. The Bertz CT molecular complexity index is 277. The van der Waals surface area contributed by atoms with Crippen LogP contribution in [-0.4, -0.2) is 61.7 Å². The Morgan fingerprint density at radius 1 is 1.16 bits per heavy atom. The summed E-state index contributed by atoms with van der Waals surface area (Å²) in [6.07, 6.45) is -11.5. The van der Waals surface area contributed by atoms with E-state index in [1.165, 1.54) is 7.11 Å². The number of aliphatic hydroxyl groups excluding tert-OH is 1. The van der Waals surface area contributed by atoms with Crippen LogP contribution in [0.5, 0.6) is 0 Å². The topological polar surface area (TPSA) is 49.8 Å². The summed E-state index contributed by atoms with van der Waals surface area (Å²) in [5.41, 5.74) is 0. The highest BCUT2D eigenvalue weighted by molar-refractivity contribution is 5.80. The fraction of sp³-hybridized carbons (Fsp3) is 0.889. The smallest absolute Gasteiger partial charge is 0.395 e. The highest BCUT2D eigenvalue weighted by Gasteiger charge is 2.61. The molecule has 0 aliphatic carbocycles. The van der Waals surface area contributed by atoms with Crippen molar-refractivity contribution in [1.29, 1.82) is 0 Å². The predicted octanol–water partition coefficient (Wildman–Crippen LogP) is 1.19. The van der Waals surface area contributed by atoms with Gasteiger partial charge in [0.2, 0.25) is 11.8 Å². The molecule has 0 radical (unpaired) electrons. The molecular formula is C9H13F6NO3. The van der Waals surface area contributed by atoms with Crippen LogP contribution in [0.4, 0.5) is 26.3 Å². The van der Waals surface area contributed by atoms with E-state index in [-0.39, 0.29) is 11.5 Å². The van der Waals surface area contributed by atoms with Gasteiger partial charge in [0.15, 0.2) is 0 Å². The minimum Gasteiger partial charge on any atom is -0.395 e. The zero-order valence-corrected chi connectivity index (χ0v) is 9.88. The average Bonchev–Trinajstić information content (AvgIpc) is 2.19. The molecule has 1 amide bonds. The highest BCUT2D eigenvalue weighted by Crippen LogP contribution is 2.40. The first-order chi connectivity index (χ1) is 8.55. The molecule has 0 spiro atoms. The largest absolute Gasteiger partial charge is 0.409 e. The first kappa shape index (κ1) is 18.0. The molecule has 0 unspecified atom stereocenters. The van der Waals surface area contributed by atoms with Crippen molar-refractivity contribution in [3.05, 3.63) is 0 Å². The second-order valence-electron chi connectivity index (χ2n) is 3.56. The molecule has 19 heavy (non-hydrogen) atoms. The summed E-state index contributed by atoms with van der Waals surface area (Å²) >= 11 is 0. The SMILES string of the molecule is COCCN(CCO)C(=O)C(C(F)(F)F)C(F)(F)F. The second-order valence-corrected chi connectivity index (χ2v) is 3.56. The lowest BCUT2D eigenvalue weighted by Crippen LogP contribution is -2.51. The molecule has 0 bridgehead atoms. The molecule has 0 fully saturated rings. The molecule has 0 atom stereocenters. The summed E-state index contributed by atoms with van der Waals surface area (Å²) in [6.45, 7) is -2.10. The molecule has 0 aromatic heterocycles. The van der Waals surface area contributed by atoms with Crippen LogP contribution in [0.25, 0.3) is 0 Å². The van der Waals surface area contributed by atoms with Crippen LogP contribution in [0.15, 0.2) is 0 Å². The van der Waals surface area contributed by atoms with Crippen LogP contribution in [0, 0.1) is 5.92 Å². The summed E-state index contributed by atoms with van der Waals surface area (Å²) in [5.74, 6) is -6.24. The van der Waals surface area contributed by atoms with E-state index in [1.807, 2.05) is 0 Å². The minimum atomic E-state index is -5.74. The normalized spacial score (nSPS) is 12.9. The lowest BCUT2D eigenvalue weighted by Gasteiger charge is -2.29. The summed E-state index contributed by atoms with van der Waals surface area (Å²) in [4.78, 5) is 11.6. The standard InChI is InChI=1S/C9H13F6NO3/c1-19-5-3-16(2-4-17)7(18)6(8(10,11)12)9(13,14)15/h6,17H,2-5H2,1H3. The zero-order valence-electron chi connectivity index (χ0n) is 9.88. The molecule has 0 heterocycles. The third-order valence-electron chi connectivity index (χ3n) is 2.15. The van der Waals surface area contributed by atoms with Crippen LogP contribution in [-0.2, 0) is 9.53 Å². The van der Waals surface area contributed by atoms with Gasteiger partial charge < -0.3 is 14.7 Å². The number of ether oxygens (including phenoxy) is 1. The Kier molecular flexibility index (Phi) is 6.57. The van der Waals surface area contributed by atoms with Crippen LogP contribution in [0.1, 0.15) is 0 Å². The summed E-state index contributed by atoms with van der Waals surface area (Å²) in [6, 6.07) is 0. The van der Waals surface area contributed by atoms with E-state index < -0.39 is 43.9 Å². The minimum absolute atomic E-state index is 0.242. The van der Waals surface area contributed by atoms with Crippen molar-refractivity contribution >= 4 is 5.91 Å². The molecule has 0 aromatic rings. The van der Waals surface area contributed by atoms with Gasteiger partial charge in [0.05, 0.1) is 13.2 Å². The number of carbonyl (C=O) groups excluding carboxylic acids is 1. The van der Waals surface area contributed by atoms with Crippen molar-refractivity contribution in [3.8, 4) is 0 Å². The van der Waals surface area contributed by atoms with Gasteiger partial charge in [-0.1, -0.05) is 0 Å². The molecule has 0 aliphatic heterocycles. The summed E-state index contributed by atoms with van der Waals surface area (Å²) in [7, 11) is 1.17. The number of aliphatic hydroxyl groups is 1. The number of hydrogen-bond acceptors (Lipinski definition) is 3. The van der Waals surface area contributed by atoms with E-state index >= 15 is 0 Å². The van der Waals surface area contributed by atoms with Gasteiger partial charge in [0.1, 0.15) is 0 Å².